The van der Waals surface area contributed by atoms with Gasteiger partial charge in [-0.25, -0.2) is 9.68 Å². The fourth-order valence-corrected chi connectivity index (χ4v) is 3.14. The Kier molecular flexibility index (Phi) is 5.43. The van der Waals surface area contributed by atoms with Gasteiger partial charge in [0.05, 0.1) is 31.8 Å². The zero-order chi connectivity index (χ0) is 17.8. The summed E-state index contributed by atoms with van der Waals surface area (Å²) in [7, 11) is 3.07. The van der Waals surface area contributed by atoms with Crippen molar-refractivity contribution < 1.29 is 23.5 Å². The maximum Gasteiger partial charge on any atom is 0.339 e. The van der Waals surface area contributed by atoms with Gasteiger partial charge in [-0.2, -0.15) is 4.33 Å². The van der Waals surface area contributed by atoms with Crippen LogP contribution in [0.1, 0.15) is 16.7 Å². The van der Waals surface area contributed by atoms with Crippen LogP contribution in [0.15, 0.2) is 47.4 Å². The molecule has 2 aromatic rings. The summed E-state index contributed by atoms with van der Waals surface area (Å²) < 4.78 is 15.4. The molecule has 0 fully saturated rings. The zero-order valence-electron chi connectivity index (χ0n) is 14.2. The molecule has 25 heavy (non-hydrogen) atoms. The molecule has 0 spiro atoms. The van der Waals surface area contributed by atoms with Crippen LogP contribution in [-0.2, 0) is 18.8 Å². The molecule has 5 nitrogen and oxygen atoms in total. The fraction of sp³-hybridized carbons (Fsp3) is 0.211. The molecule has 130 valence electrons. The van der Waals surface area contributed by atoms with Gasteiger partial charge in [-0.1, -0.05) is 24.3 Å². The molecule has 1 heterocycles. The minimum Gasteiger partial charge on any atom is -0.497 e. The van der Waals surface area contributed by atoms with Gasteiger partial charge >= 0.3 is 5.97 Å². The van der Waals surface area contributed by atoms with E-state index in [0.717, 1.165) is 45.0 Å². The highest BCUT2D eigenvalue weighted by atomic mass is 32.2. The number of benzene rings is 2. The summed E-state index contributed by atoms with van der Waals surface area (Å²) in [4.78, 5) is 17.8. The van der Waals surface area contributed by atoms with Gasteiger partial charge in [-0.3, -0.25) is 0 Å². The van der Waals surface area contributed by atoms with Crippen molar-refractivity contribution in [1.29, 1.82) is 0 Å². The first-order valence-corrected chi connectivity index (χ1v) is 8.41. The molecule has 0 atom stereocenters. The minimum absolute atomic E-state index is 0.265. The molecule has 0 radical (unpaired) electrons. The number of methoxy groups -OCH3 is 1. The number of hydrogen-bond acceptors (Lipinski definition) is 6. The Balaban J connectivity index is 1.99. The van der Waals surface area contributed by atoms with E-state index in [2.05, 4.69) is 4.89 Å². The van der Waals surface area contributed by atoms with Crippen molar-refractivity contribution in [2.45, 2.75) is 11.8 Å². The highest BCUT2D eigenvalue weighted by Gasteiger charge is 2.27. The van der Waals surface area contributed by atoms with Gasteiger partial charge in [0.2, 0.25) is 0 Å². The number of carbonyl (C=O) groups excluding carboxylic acids is 1. The molecule has 1 aliphatic rings. The monoisotopic (exact) mass is 358 g/mol. The first-order valence-electron chi connectivity index (χ1n) is 7.67. The van der Waals surface area contributed by atoms with Gasteiger partial charge in [0.25, 0.3) is 0 Å². The third kappa shape index (κ3) is 3.71. The van der Waals surface area contributed by atoms with Crippen LogP contribution in [0.2, 0.25) is 0 Å². The lowest BCUT2D eigenvalue weighted by molar-refractivity contribution is -0.160. The average Bonchev–Trinajstić information content (AvgIpc) is 3.02. The molecule has 6 heteroatoms. The van der Waals surface area contributed by atoms with Crippen molar-refractivity contribution >= 4 is 29.2 Å². The summed E-state index contributed by atoms with van der Waals surface area (Å²) in [5.41, 5.74) is 4.27. The Morgan fingerprint density at radius 2 is 1.76 bits per heavy atom. The first kappa shape index (κ1) is 17.5. The molecular formula is C19H18O5S. The Morgan fingerprint density at radius 1 is 1.04 bits per heavy atom. The van der Waals surface area contributed by atoms with Gasteiger partial charge in [-0.15, -0.1) is 0 Å². The minimum atomic E-state index is -0.306. The van der Waals surface area contributed by atoms with Crippen LogP contribution in [0.3, 0.4) is 0 Å². The van der Waals surface area contributed by atoms with Crippen LogP contribution in [-0.4, -0.2) is 26.8 Å². The second-order valence-corrected chi connectivity index (χ2v) is 6.20. The standard InChI is InChI=1S/C19H18O5S/c1-12-10-14(6-9-17(12)25-24-22-3)16-11-23-19(20)18(16)13-4-7-15(21-2)8-5-13/h4-10H,11H2,1-3H3. The zero-order valence-corrected chi connectivity index (χ0v) is 15.0. The molecule has 3 rings (SSSR count). The number of rotatable bonds is 6. The third-order valence-electron chi connectivity index (χ3n) is 3.95. The van der Waals surface area contributed by atoms with E-state index >= 15 is 0 Å². The van der Waals surface area contributed by atoms with Crippen molar-refractivity contribution in [1.82, 2.24) is 0 Å². The van der Waals surface area contributed by atoms with E-state index in [1.807, 2.05) is 49.4 Å². The lowest BCUT2D eigenvalue weighted by Gasteiger charge is -2.09. The molecule has 0 N–H and O–H groups in total. The molecule has 2 aromatic carbocycles. The first-order chi connectivity index (χ1) is 12.1. The highest BCUT2D eigenvalue weighted by molar-refractivity contribution is 7.94. The largest absolute Gasteiger partial charge is 0.497 e. The van der Waals surface area contributed by atoms with E-state index in [4.69, 9.17) is 13.8 Å². The quantitative estimate of drug-likeness (QED) is 0.336. The Labute approximate surface area is 150 Å². The lowest BCUT2D eigenvalue weighted by atomic mass is 9.96. The van der Waals surface area contributed by atoms with E-state index < -0.39 is 0 Å². The molecule has 0 aromatic heterocycles. The van der Waals surface area contributed by atoms with Crippen LogP contribution >= 0.6 is 12.0 Å². The van der Waals surface area contributed by atoms with E-state index in [0.29, 0.717) is 5.57 Å². The fourth-order valence-electron chi connectivity index (χ4n) is 2.68. The Bertz CT molecular complexity index is 811. The molecule has 1 aliphatic heterocycles. The number of esters is 1. The second kappa shape index (κ2) is 7.74. The van der Waals surface area contributed by atoms with E-state index in [-0.39, 0.29) is 12.6 Å². The van der Waals surface area contributed by atoms with Crippen molar-refractivity contribution in [2.24, 2.45) is 0 Å². The molecule has 0 aliphatic carbocycles. The Hall–Kier alpha value is -2.28. The van der Waals surface area contributed by atoms with E-state index in [9.17, 15) is 4.79 Å². The normalized spacial score (nSPS) is 14.0. The predicted molar refractivity (Wildman–Crippen MR) is 95.9 cm³/mol. The molecule has 0 saturated carbocycles. The number of carbonyl (C=O) groups is 1. The summed E-state index contributed by atoms with van der Waals surface area (Å²) in [6.45, 7) is 2.25. The van der Waals surface area contributed by atoms with E-state index in [1.165, 1.54) is 7.11 Å². The van der Waals surface area contributed by atoms with Crippen LogP contribution in [0.4, 0.5) is 0 Å². The van der Waals surface area contributed by atoms with E-state index in [1.54, 1.807) is 7.11 Å². The van der Waals surface area contributed by atoms with Gasteiger partial charge in [0, 0.05) is 10.5 Å². The highest BCUT2D eigenvalue weighted by Crippen LogP contribution is 2.35. The van der Waals surface area contributed by atoms with Crippen molar-refractivity contribution in [2.75, 3.05) is 20.8 Å². The molecule has 0 amide bonds. The van der Waals surface area contributed by atoms with Gasteiger partial charge in [0.15, 0.2) is 0 Å². The van der Waals surface area contributed by atoms with Crippen LogP contribution in [0, 0.1) is 6.92 Å². The third-order valence-corrected chi connectivity index (χ3v) is 4.79. The Morgan fingerprint density at radius 3 is 2.40 bits per heavy atom. The van der Waals surface area contributed by atoms with Crippen molar-refractivity contribution in [3.63, 3.8) is 0 Å². The van der Waals surface area contributed by atoms with Gasteiger partial charge in [0.1, 0.15) is 12.4 Å². The summed E-state index contributed by atoms with van der Waals surface area (Å²) in [6.07, 6.45) is 0. The number of cyclic esters (lactones) is 1. The molecular weight excluding hydrogens is 340 g/mol. The van der Waals surface area contributed by atoms with Crippen LogP contribution < -0.4 is 4.74 Å². The SMILES string of the molecule is COOSc1ccc(C2=C(c3ccc(OC)cc3)C(=O)OC2)cc1C. The maximum atomic E-state index is 12.3. The summed E-state index contributed by atoms with van der Waals surface area (Å²) >= 11 is 1.15. The molecule has 0 bridgehead atoms. The summed E-state index contributed by atoms with van der Waals surface area (Å²) in [5, 5.41) is 0. The summed E-state index contributed by atoms with van der Waals surface area (Å²) in [5.74, 6) is 0.437. The molecule has 0 unspecified atom stereocenters. The van der Waals surface area contributed by atoms with Crippen LogP contribution in [0.5, 0.6) is 5.75 Å². The predicted octanol–water partition coefficient (Wildman–Crippen LogP) is 4.06. The maximum absolute atomic E-state index is 12.3. The second-order valence-electron chi connectivity index (χ2n) is 5.46. The smallest absolute Gasteiger partial charge is 0.339 e. The number of hydrogen-bond donors (Lipinski definition) is 0. The summed E-state index contributed by atoms with van der Waals surface area (Å²) in [6, 6.07) is 13.3. The average molecular weight is 358 g/mol. The van der Waals surface area contributed by atoms with Gasteiger partial charge in [-0.05, 0) is 41.8 Å². The number of ether oxygens (including phenoxy) is 2. The topological polar surface area (TPSA) is 54.0 Å². The van der Waals surface area contributed by atoms with Crippen molar-refractivity contribution in [3.05, 3.63) is 59.2 Å². The number of aryl methyl sites for hydroxylation is 1. The van der Waals surface area contributed by atoms with Crippen molar-refractivity contribution in [3.8, 4) is 5.75 Å². The van der Waals surface area contributed by atoms with Crippen LogP contribution in [0.25, 0.3) is 11.1 Å². The molecule has 0 saturated heterocycles. The van der Waals surface area contributed by atoms with Gasteiger partial charge < -0.3 is 9.47 Å². The lowest BCUT2D eigenvalue weighted by Crippen LogP contribution is -1.98.